The van der Waals surface area contributed by atoms with Crippen molar-refractivity contribution in [3.63, 3.8) is 0 Å². The van der Waals surface area contributed by atoms with Gasteiger partial charge in [0.1, 0.15) is 13.2 Å². The van der Waals surface area contributed by atoms with Crippen LogP contribution in [0.25, 0.3) is 0 Å². The lowest BCUT2D eigenvalue weighted by Crippen LogP contribution is -2.30. The number of ether oxygens (including phenoxy) is 3. The normalized spacial score (nSPS) is 12.4. The highest BCUT2D eigenvalue weighted by Crippen LogP contribution is 2.19. The number of unbranched alkanes of at least 4 members (excludes halogenated alkanes) is 43. The molecule has 0 aliphatic rings. The van der Waals surface area contributed by atoms with Gasteiger partial charge in [-0.1, -0.05) is 317 Å². The highest BCUT2D eigenvalue weighted by molar-refractivity contribution is 5.71. The minimum absolute atomic E-state index is 0.0613. The van der Waals surface area contributed by atoms with Gasteiger partial charge in [0.25, 0.3) is 0 Å². The van der Waals surface area contributed by atoms with Crippen LogP contribution in [0.3, 0.4) is 0 Å². The topological polar surface area (TPSA) is 78.9 Å². The average Bonchev–Trinajstić information content (AvgIpc) is 3.34. The molecule has 0 spiro atoms. The molecule has 2 atom stereocenters. The van der Waals surface area contributed by atoms with Crippen molar-refractivity contribution >= 4 is 17.9 Å². The van der Waals surface area contributed by atoms with E-state index in [0.29, 0.717) is 19.3 Å². The zero-order valence-corrected chi connectivity index (χ0v) is 46.6. The second-order valence-corrected chi connectivity index (χ2v) is 21.6. The Morgan fingerprint density at radius 1 is 0.294 bits per heavy atom. The van der Waals surface area contributed by atoms with Gasteiger partial charge >= 0.3 is 17.9 Å². The fraction of sp³-hybridized carbons (Fsp3) is 0.952. The fourth-order valence-corrected chi connectivity index (χ4v) is 9.60. The van der Waals surface area contributed by atoms with Crippen LogP contribution in [0.2, 0.25) is 0 Å². The van der Waals surface area contributed by atoms with Gasteiger partial charge in [-0.25, -0.2) is 0 Å². The zero-order chi connectivity index (χ0) is 49.5. The monoisotopic (exact) mass is 961 g/mol. The smallest absolute Gasteiger partial charge is 0.306 e. The van der Waals surface area contributed by atoms with Crippen molar-refractivity contribution in [3.8, 4) is 0 Å². The number of hydrogen-bond donors (Lipinski definition) is 0. The third-order valence-electron chi connectivity index (χ3n) is 14.7. The lowest BCUT2D eigenvalue weighted by molar-refractivity contribution is -0.167. The van der Waals surface area contributed by atoms with Gasteiger partial charge < -0.3 is 14.2 Å². The molecule has 0 N–H and O–H groups in total. The van der Waals surface area contributed by atoms with Crippen LogP contribution in [0.5, 0.6) is 0 Å². The number of hydrogen-bond acceptors (Lipinski definition) is 6. The molecule has 0 saturated heterocycles. The Bertz CT molecular complexity index is 1030. The van der Waals surface area contributed by atoms with Gasteiger partial charge in [-0.15, -0.1) is 0 Å². The molecule has 1 unspecified atom stereocenters. The van der Waals surface area contributed by atoms with E-state index in [9.17, 15) is 14.4 Å². The Morgan fingerprint density at radius 3 is 0.765 bits per heavy atom. The summed E-state index contributed by atoms with van der Waals surface area (Å²) in [6.07, 6.45) is 62.3. The van der Waals surface area contributed by atoms with E-state index in [1.807, 2.05) is 0 Å². The molecule has 0 rings (SSSR count). The molecule has 0 aromatic heterocycles. The summed E-state index contributed by atoms with van der Waals surface area (Å²) in [5.74, 6) is 0.0662. The molecule has 0 radical (unpaired) electrons. The summed E-state index contributed by atoms with van der Waals surface area (Å²) in [5.41, 5.74) is 0. The first kappa shape index (κ1) is 66.4. The summed E-state index contributed by atoms with van der Waals surface area (Å²) in [5, 5.41) is 0. The van der Waals surface area contributed by atoms with Crippen LogP contribution in [0.4, 0.5) is 0 Å². The van der Waals surface area contributed by atoms with E-state index in [1.54, 1.807) is 0 Å². The Hall–Kier alpha value is -1.59. The van der Waals surface area contributed by atoms with Crippen molar-refractivity contribution in [3.05, 3.63) is 0 Å². The molecule has 0 saturated carbocycles. The maximum atomic E-state index is 12.9. The molecule has 0 aromatic rings. The molecule has 0 fully saturated rings. The Labute approximate surface area is 425 Å². The van der Waals surface area contributed by atoms with Crippen molar-refractivity contribution in [1.29, 1.82) is 0 Å². The van der Waals surface area contributed by atoms with E-state index in [4.69, 9.17) is 14.2 Å². The highest BCUT2D eigenvalue weighted by Gasteiger charge is 2.19. The van der Waals surface area contributed by atoms with Crippen LogP contribution in [0.15, 0.2) is 0 Å². The molecule has 6 nitrogen and oxygen atoms in total. The molecule has 68 heavy (non-hydrogen) atoms. The van der Waals surface area contributed by atoms with E-state index in [0.717, 1.165) is 63.7 Å². The quantitative estimate of drug-likeness (QED) is 0.0343. The van der Waals surface area contributed by atoms with Crippen molar-refractivity contribution < 1.29 is 28.6 Å². The van der Waals surface area contributed by atoms with Gasteiger partial charge in [0.05, 0.1) is 0 Å². The Kier molecular flexibility index (Phi) is 55.0. The molecule has 0 aliphatic carbocycles. The van der Waals surface area contributed by atoms with Crippen LogP contribution in [0.1, 0.15) is 355 Å². The lowest BCUT2D eigenvalue weighted by atomic mass is 9.99. The van der Waals surface area contributed by atoms with Gasteiger partial charge in [0.15, 0.2) is 6.10 Å². The minimum atomic E-state index is -0.762. The first-order valence-corrected chi connectivity index (χ1v) is 30.9. The maximum Gasteiger partial charge on any atom is 0.306 e. The van der Waals surface area contributed by atoms with E-state index in [2.05, 4.69) is 27.7 Å². The van der Waals surface area contributed by atoms with Crippen LogP contribution in [-0.2, 0) is 28.6 Å². The molecule has 0 aromatic carbocycles. The number of carbonyl (C=O) groups excluding carboxylic acids is 3. The molecular formula is C62H120O6. The van der Waals surface area contributed by atoms with E-state index >= 15 is 0 Å². The summed E-state index contributed by atoms with van der Waals surface area (Å²) in [7, 11) is 0. The third-order valence-corrected chi connectivity index (χ3v) is 14.7. The molecule has 0 bridgehead atoms. The van der Waals surface area contributed by atoms with E-state index in [-0.39, 0.29) is 31.1 Å². The molecular weight excluding hydrogens is 841 g/mol. The summed E-state index contributed by atoms with van der Waals surface area (Å²) >= 11 is 0. The number of rotatable bonds is 57. The van der Waals surface area contributed by atoms with Crippen LogP contribution in [-0.4, -0.2) is 37.2 Å². The van der Waals surface area contributed by atoms with Crippen molar-refractivity contribution in [2.45, 2.75) is 361 Å². The molecule has 0 aliphatic heterocycles. The zero-order valence-electron chi connectivity index (χ0n) is 46.6. The first-order chi connectivity index (χ1) is 33.4. The summed E-state index contributed by atoms with van der Waals surface area (Å²) in [6, 6.07) is 0. The van der Waals surface area contributed by atoms with Gasteiger partial charge in [0.2, 0.25) is 0 Å². The second kappa shape index (κ2) is 56.3. The maximum absolute atomic E-state index is 12.9. The fourth-order valence-electron chi connectivity index (χ4n) is 9.60. The third kappa shape index (κ3) is 53.8. The van der Waals surface area contributed by atoms with E-state index in [1.165, 1.54) is 250 Å². The van der Waals surface area contributed by atoms with Gasteiger partial charge in [-0.05, 0) is 25.2 Å². The predicted octanol–water partition coefficient (Wildman–Crippen LogP) is 20.6. The van der Waals surface area contributed by atoms with Gasteiger partial charge in [-0.2, -0.15) is 0 Å². The molecule has 6 heteroatoms. The van der Waals surface area contributed by atoms with Crippen LogP contribution < -0.4 is 0 Å². The van der Waals surface area contributed by atoms with Gasteiger partial charge in [0, 0.05) is 19.3 Å². The lowest BCUT2D eigenvalue weighted by Gasteiger charge is -2.18. The van der Waals surface area contributed by atoms with E-state index < -0.39 is 6.10 Å². The molecule has 0 heterocycles. The second-order valence-electron chi connectivity index (χ2n) is 21.6. The SMILES string of the molecule is CCCCCCCCCCCCCCCCCCCC(=O)O[C@@H](COC(=O)CCCCCCCCCCCCCCCCC)COC(=O)CCCCCCCCCCCCCCCCC(C)CC. The van der Waals surface area contributed by atoms with Crippen LogP contribution in [0, 0.1) is 5.92 Å². The number of carbonyl (C=O) groups is 3. The standard InChI is InChI=1S/C62H120O6/c1-5-8-10-12-14-16-18-20-22-23-25-31-35-39-43-47-51-55-62(65)68-59(56-66-60(63)53-49-45-41-37-33-29-24-21-19-17-15-13-11-9-6-2)57-67-61(64)54-50-46-42-38-34-30-27-26-28-32-36-40-44-48-52-58(4)7-3/h58-59H,5-57H2,1-4H3/t58?,59-/m0/s1. The first-order valence-electron chi connectivity index (χ1n) is 30.9. The minimum Gasteiger partial charge on any atom is -0.462 e. The largest absolute Gasteiger partial charge is 0.462 e. The van der Waals surface area contributed by atoms with Crippen molar-refractivity contribution in [2.24, 2.45) is 5.92 Å². The highest BCUT2D eigenvalue weighted by atomic mass is 16.6. The molecule has 0 amide bonds. The number of esters is 3. The summed E-state index contributed by atoms with van der Waals surface area (Å²) < 4.78 is 16.9. The average molecular weight is 962 g/mol. The Balaban J connectivity index is 4.29. The van der Waals surface area contributed by atoms with Crippen molar-refractivity contribution in [1.82, 2.24) is 0 Å². The summed E-state index contributed by atoms with van der Waals surface area (Å²) in [6.45, 7) is 9.12. The predicted molar refractivity (Wildman–Crippen MR) is 293 cm³/mol. The van der Waals surface area contributed by atoms with Gasteiger partial charge in [-0.3, -0.25) is 14.4 Å². The Morgan fingerprint density at radius 2 is 0.515 bits per heavy atom. The summed E-state index contributed by atoms with van der Waals surface area (Å²) in [4.78, 5) is 38.2. The van der Waals surface area contributed by atoms with Crippen molar-refractivity contribution in [2.75, 3.05) is 13.2 Å². The van der Waals surface area contributed by atoms with Crippen LogP contribution >= 0.6 is 0 Å². The molecule has 404 valence electrons.